The number of ether oxygens (including phenoxy) is 1. The summed E-state index contributed by atoms with van der Waals surface area (Å²) in [6.07, 6.45) is 7.10. The number of carbonyl (C=O) groups excluding carboxylic acids is 1. The van der Waals surface area contributed by atoms with E-state index in [1.807, 2.05) is 24.3 Å². The first-order valence-corrected chi connectivity index (χ1v) is 8.76. The summed E-state index contributed by atoms with van der Waals surface area (Å²) in [6, 6.07) is 7.41. The Hall–Kier alpha value is -1.26. The number of nitrogens with zero attached hydrogens (tertiary/aromatic N) is 1. The fourth-order valence-electron chi connectivity index (χ4n) is 3.26. The van der Waals surface area contributed by atoms with Gasteiger partial charge in [0.1, 0.15) is 5.75 Å². The highest BCUT2D eigenvalue weighted by molar-refractivity contribution is 5.94. The number of benzene rings is 1. The van der Waals surface area contributed by atoms with Gasteiger partial charge in [-0.25, -0.2) is 0 Å². The van der Waals surface area contributed by atoms with E-state index in [1.54, 1.807) is 0 Å². The summed E-state index contributed by atoms with van der Waals surface area (Å²) in [6.45, 7) is 3.50. The van der Waals surface area contributed by atoms with E-state index in [1.165, 1.54) is 19.3 Å². The molecule has 24 heavy (non-hydrogen) atoms. The molecule has 0 atom stereocenters. The summed E-state index contributed by atoms with van der Waals surface area (Å²) in [5, 5.41) is 3.13. The second-order valence-electron chi connectivity index (χ2n) is 6.73. The maximum atomic E-state index is 12.4. The molecule has 136 valence electrons. The minimum absolute atomic E-state index is 0. The van der Waals surface area contributed by atoms with Gasteiger partial charge in [0.2, 0.25) is 0 Å². The standard InChI is InChI=1S/C19H30N2O2.ClH/c1-4-14-23-17-10-8-16(9-11-17)18(22)20-15-19(21(2)3)12-6-5-7-13-19;/h8-11H,4-7,12-15H2,1-3H3,(H,20,22);1H. The van der Waals surface area contributed by atoms with Crippen molar-refractivity contribution in [3.63, 3.8) is 0 Å². The summed E-state index contributed by atoms with van der Waals surface area (Å²) in [4.78, 5) is 14.7. The zero-order chi connectivity index (χ0) is 16.7. The summed E-state index contributed by atoms with van der Waals surface area (Å²) in [5.41, 5.74) is 0.802. The van der Waals surface area contributed by atoms with E-state index in [0.29, 0.717) is 18.7 Å². The minimum Gasteiger partial charge on any atom is -0.494 e. The molecule has 4 nitrogen and oxygen atoms in total. The van der Waals surface area contributed by atoms with E-state index in [4.69, 9.17) is 4.74 Å². The minimum atomic E-state index is -0.00107. The Morgan fingerprint density at radius 2 is 1.79 bits per heavy atom. The highest BCUT2D eigenvalue weighted by Gasteiger charge is 2.34. The molecule has 1 aliphatic rings. The quantitative estimate of drug-likeness (QED) is 0.807. The van der Waals surface area contributed by atoms with E-state index < -0.39 is 0 Å². The van der Waals surface area contributed by atoms with Crippen molar-refractivity contribution in [1.82, 2.24) is 10.2 Å². The Balaban J connectivity index is 0.00000288. The van der Waals surface area contributed by atoms with Crippen LogP contribution in [0.1, 0.15) is 55.8 Å². The molecule has 1 N–H and O–H groups in total. The lowest BCUT2D eigenvalue weighted by atomic mass is 9.80. The zero-order valence-electron chi connectivity index (χ0n) is 15.1. The first-order valence-electron chi connectivity index (χ1n) is 8.76. The molecule has 1 saturated carbocycles. The van der Waals surface area contributed by atoms with Gasteiger partial charge in [-0.15, -0.1) is 12.4 Å². The number of rotatable bonds is 7. The van der Waals surface area contributed by atoms with Gasteiger partial charge in [0.05, 0.1) is 6.61 Å². The SMILES string of the molecule is CCCOc1ccc(C(=O)NCC2(N(C)C)CCCCC2)cc1.Cl. The number of likely N-dealkylation sites (N-methyl/N-ethyl adjacent to an activating group) is 1. The molecule has 2 rings (SSSR count). The van der Waals surface area contributed by atoms with Crippen molar-refractivity contribution in [1.29, 1.82) is 0 Å². The van der Waals surface area contributed by atoms with Crippen molar-refractivity contribution >= 4 is 18.3 Å². The molecule has 0 aliphatic heterocycles. The first-order chi connectivity index (χ1) is 11.1. The maximum absolute atomic E-state index is 12.4. The van der Waals surface area contributed by atoms with E-state index in [-0.39, 0.29) is 23.9 Å². The van der Waals surface area contributed by atoms with Crippen LogP contribution in [0.2, 0.25) is 0 Å². The Bertz CT molecular complexity index is 497. The van der Waals surface area contributed by atoms with Crippen molar-refractivity contribution in [2.24, 2.45) is 0 Å². The summed E-state index contributed by atoms with van der Waals surface area (Å²) in [7, 11) is 4.24. The predicted molar refractivity (Wildman–Crippen MR) is 101 cm³/mol. The van der Waals surface area contributed by atoms with Gasteiger partial charge in [-0.05, 0) is 57.6 Å². The summed E-state index contributed by atoms with van der Waals surface area (Å²) in [5.74, 6) is 0.819. The number of carbonyl (C=O) groups is 1. The largest absolute Gasteiger partial charge is 0.494 e. The van der Waals surface area contributed by atoms with Crippen LogP contribution in [0.5, 0.6) is 5.75 Å². The van der Waals surface area contributed by atoms with Crippen LogP contribution in [0.15, 0.2) is 24.3 Å². The third-order valence-electron chi connectivity index (χ3n) is 4.90. The first kappa shape index (κ1) is 20.8. The average molecular weight is 355 g/mol. The van der Waals surface area contributed by atoms with Gasteiger partial charge in [0.25, 0.3) is 5.91 Å². The van der Waals surface area contributed by atoms with E-state index in [0.717, 1.165) is 25.0 Å². The van der Waals surface area contributed by atoms with Crippen molar-refractivity contribution in [3.05, 3.63) is 29.8 Å². The highest BCUT2D eigenvalue weighted by atomic mass is 35.5. The van der Waals surface area contributed by atoms with Crippen LogP contribution in [0.25, 0.3) is 0 Å². The predicted octanol–water partition coefficient (Wildman–Crippen LogP) is 3.89. The van der Waals surface area contributed by atoms with Gasteiger partial charge in [-0.3, -0.25) is 4.79 Å². The Kier molecular flexibility index (Phi) is 8.57. The van der Waals surface area contributed by atoms with Crippen molar-refractivity contribution < 1.29 is 9.53 Å². The van der Waals surface area contributed by atoms with Crippen LogP contribution in [-0.4, -0.2) is 43.6 Å². The third-order valence-corrected chi connectivity index (χ3v) is 4.90. The molecule has 0 saturated heterocycles. The molecule has 1 aliphatic carbocycles. The molecule has 1 aromatic carbocycles. The number of amides is 1. The van der Waals surface area contributed by atoms with E-state index in [2.05, 4.69) is 31.2 Å². The lowest BCUT2D eigenvalue weighted by molar-refractivity contribution is 0.0799. The molecule has 0 radical (unpaired) electrons. The Morgan fingerprint density at radius 3 is 2.33 bits per heavy atom. The van der Waals surface area contributed by atoms with E-state index >= 15 is 0 Å². The van der Waals surface area contributed by atoms with Gasteiger partial charge in [-0.2, -0.15) is 0 Å². The van der Waals surface area contributed by atoms with Gasteiger partial charge in [-0.1, -0.05) is 26.2 Å². The van der Waals surface area contributed by atoms with Gasteiger partial charge in [0.15, 0.2) is 0 Å². The average Bonchev–Trinajstić information content (AvgIpc) is 2.59. The van der Waals surface area contributed by atoms with Crippen LogP contribution in [-0.2, 0) is 0 Å². The number of nitrogens with one attached hydrogen (secondary N) is 1. The second kappa shape index (κ2) is 9.90. The van der Waals surface area contributed by atoms with Crippen molar-refractivity contribution in [3.8, 4) is 5.75 Å². The monoisotopic (exact) mass is 354 g/mol. The lowest BCUT2D eigenvalue weighted by Gasteiger charge is -2.43. The highest BCUT2D eigenvalue weighted by Crippen LogP contribution is 2.31. The van der Waals surface area contributed by atoms with Crippen LogP contribution in [0.4, 0.5) is 0 Å². The zero-order valence-corrected chi connectivity index (χ0v) is 16.0. The molecule has 0 unspecified atom stereocenters. The fraction of sp³-hybridized carbons (Fsp3) is 0.632. The summed E-state index contributed by atoms with van der Waals surface area (Å²) >= 11 is 0. The third kappa shape index (κ3) is 5.38. The Labute approximate surface area is 152 Å². The molecule has 1 aromatic rings. The fourth-order valence-corrected chi connectivity index (χ4v) is 3.26. The molecule has 0 heterocycles. The van der Waals surface area contributed by atoms with Crippen molar-refractivity contribution in [2.45, 2.75) is 51.0 Å². The number of hydrogen-bond acceptors (Lipinski definition) is 3. The molecule has 1 amide bonds. The molecular weight excluding hydrogens is 324 g/mol. The molecule has 0 aromatic heterocycles. The van der Waals surface area contributed by atoms with Crippen molar-refractivity contribution in [2.75, 3.05) is 27.2 Å². The lowest BCUT2D eigenvalue weighted by Crippen LogP contribution is -2.53. The van der Waals surface area contributed by atoms with Crippen LogP contribution in [0.3, 0.4) is 0 Å². The molecule has 0 spiro atoms. The van der Waals surface area contributed by atoms with Crippen LogP contribution < -0.4 is 10.1 Å². The van der Waals surface area contributed by atoms with Crippen LogP contribution in [0, 0.1) is 0 Å². The summed E-state index contributed by atoms with van der Waals surface area (Å²) < 4.78 is 5.55. The molecular formula is C19H31ClN2O2. The van der Waals surface area contributed by atoms with Crippen LogP contribution >= 0.6 is 12.4 Å². The molecule has 0 bridgehead atoms. The normalized spacial score (nSPS) is 16.3. The van der Waals surface area contributed by atoms with Gasteiger partial charge >= 0.3 is 0 Å². The van der Waals surface area contributed by atoms with Gasteiger partial charge in [0, 0.05) is 17.6 Å². The van der Waals surface area contributed by atoms with E-state index in [9.17, 15) is 4.79 Å². The number of halogens is 1. The number of hydrogen-bond donors (Lipinski definition) is 1. The topological polar surface area (TPSA) is 41.6 Å². The maximum Gasteiger partial charge on any atom is 0.251 e. The Morgan fingerprint density at radius 1 is 1.17 bits per heavy atom. The molecule has 5 heteroatoms. The molecule has 1 fully saturated rings. The smallest absolute Gasteiger partial charge is 0.251 e. The second-order valence-corrected chi connectivity index (χ2v) is 6.73. The van der Waals surface area contributed by atoms with Gasteiger partial charge < -0.3 is 15.0 Å².